The molecule has 10 heteroatoms. The number of hydrogen-bond donors (Lipinski definition) is 2. The van der Waals surface area contributed by atoms with E-state index in [1.165, 1.54) is 18.3 Å². The summed E-state index contributed by atoms with van der Waals surface area (Å²) in [6.45, 7) is 4.45. The topological polar surface area (TPSA) is 65.6 Å². The van der Waals surface area contributed by atoms with Crippen LogP contribution in [0.1, 0.15) is 5.56 Å². The van der Waals surface area contributed by atoms with Gasteiger partial charge in [-0.25, -0.2) is 12.5 Å². The Balaban J connectivity index is 1.47. The maximum absolute atomic E-state index is 13.1. The van der Waals surface area contributed by atoms with Crippen molar-refractivity contribution in [2.75, 3.05) is 48.8 Å². The van der Waals surface area contributed by atoms with Crippen molar-refractivity contribution in [1.82, 2.24) is 13.1 Å². The fraction of sp³-hybridized carbons (Fsp3) is 0.273. The Morgan fingerprint density at radius 1 is 1.12 bits per heavy atom. The lowest BCUT2D eigenvalue weighted by atomic mass is 10.2. The summed E-state index contributed by atoms with van der Waals surface area (Å²) >= 11 is 8.62. The number of methoxy groups -OCH3 is 1. The molecule has 0 saturated carbocycles. The molecule has 0 unspecified atom stereocenters. The van der Waals surface area contributed by atoms with Gasteiger partial charge >= 0.3 is 0 Å². The first-order chi connectivity index (χ1) is 15.5. The van der Waals surface area contributed by atoms with Crippen LogP contribution >= 0.6 is 34.5 Å². The Bertz CT molecular complexity index is 1060. The molecule has 7 nitrogen and oxygen atoms in total. The molecule has 0 atom stereocenters. The molecule has 1 aliphatic rings. The van der Waals surface area contributed by atoms with E-state index in [0.29, 0.717) is 29.1 Å². The van der Waals surface area contributed by atoms with Crippen LogP contribution in [0, 0.1) is 5.82 Å². The van der Waals surface area contributed by atoms with Gasteiger partial charge in [0.05, 0.1) is 19.0 Å². The van der Waals surface area contributed by atoms with E-state index in [0.717, 1.165) is 43.1 Å². The average molecular weight is 569 g/mol. The number of hydrogen-bond acceptors (Lipinski definition) is 7. The number of benzene rings is 2. The minimum absolute atomic E-state index is 0.271. The summed E-state index contributed by atoms with van der Waals surface area (Å²) in [6, 6.07) is 12.3. The zero-order valence-corrected chi connectivity index (χ0v) is 20.4. The Kier molecular flexibility index (Phi) is 7.48. The van der Waals surface area contributed by atoms with Crippen LogP contribution in [0.25, 0.3) is 0 Å². The Labute approximate surface area is 205 Å². The van der Waals surface area contributed by atoms with Gasteiger partial charge in [-0.15, -0.1) is 0 Å². The first-order valence-electron chi connectivity index (χ1n) is 10.1. The van der Waals surface area contributed by atoms with Crippen LogP contribution in [0.4, 0.5) is 27.5 Å². The third-order valence-electron chi connectivity index (χ3n) is 5.14. The second-order valence-corrected chi connectivity index (χ2v) is 9.05. The second-order valence-electron chi connectivity index (χ2n) is 7.28. The summed E-state index contributed by atoms with van der Waals surface area (Å²) in [5, 5.41) is 6.78. The Morgan fingerprint density at radius 3 is 2.59 bits per heavy atom. The lowest BCUT2D eigenvalue weighted by Gasteiger charge is -2.33. The molecule has 0 amide bonds. The number of rotatable bonds is 7. The van der Waals surface area contributed by atoms with Gasteiger partial charge in [0.2, 0.25) is 5.95 Å². The van der Waals surface area contributed by atoms with E-state index in [1.54, 1.807) is 19.2 Å². The number of halogens is 3. The van der Waals surface area contributed by atoms with Crippen molar-refractivity contribution in [3.05, 3.63) is 65.1 Å². The van der Waals surface area contributed by atoms with Crippen LogP contribution in [0.5, 0.6) is 5.75 Å². The Hall–Kier alpha value is -2.37. The van der Waals surface area contributed by atoms with Gasteiger partial charge in [0.25, 0.3) is 0 Å². The van der Waals surface area contributed by atoms with Crippen LogP contribution in [0.2, 0.25) is 5.02 Å². The van der Waals surface area contributed by atoms with E-state index >= 15 is 0 Å². The van der Waals surface area contributed by atoms with Gasteiger partial charge < -0.3 is 20.3 Å². The van der Waals surface area contributed by atoms with E-state index in [1.807, 2.05) is 12.1 Å². The van der Waals surface area contributed by atoms with Crippen LogP contribution in [-0.2, 0) is 6.54 Å². The molecule has 4 rings (SSSR count). The number of nitrogens with one attached hydrogen (secondary N) is 2. The van der Waals surface area contributed by atoms with Gasteiger partial charge in [0.1, 0.15) is 16.6 Å². The van der Waals surface area contributed by atoms with Crippen LogP contribution in [0.15, 0.2) is 48.7 Å². The van der Waals surface area contributed by atoms with Crippen LogP contribution in [0.3, 0.4) is 0 Å². The highest BCUT2D eigenvalue weighted by molar-refractivity contribution is 14.1. The SMILES string of the molecule is COc1cc(N2CCN(I)CC2)ccc1Nc1ncc(Cl)c(NCc2ccc(F)cc2)n1. The summed E-state index contributed by atoms with van der Waals surface area (Å²) < 4.78 is 21.0. The molecule has 0 bridgehead atoms. The van der Waals surface area contributed by atoms with Crippen molar-refractivity contribution in [1.29, 1.82) is 0 Å². The molecule has 0 radical (unpaired) electrons. The fourth-order valence-electron chi connectivity index (χ4n) is 3.38. The summed E-state index contributed by atoms with van der Waals surface area (Å²) in [5.74, 6) is 1.31. The van der Waals surface area contributed by atoms with Crippen molar-refractivity contribution in [3.8, 4) is 5.75 Å². The first-order valence-corrected chi connectivity index (χ1v) is 11.5. The van der Waals surface area contributed by atoms with Crippen molar-refractivity contribution < 1.29 is 9.13 Å². The normalized spacial score (nSPS) is 14.3. The Morgan fingerprint density at radius 2 is 1.88 bits per heavy atom. The predicted molar refractivity (Wildman–Crippen MR) is 135 cm³/mol. The highest BCUT2D eigenvalue weighted by Crippen LogP contribution is 2.32. The van der Waals surface area contributed by atoms with Crippen molar-refractivity contribution in [2.24, 2.45) is 0 Å². The van der Waals surface area contributed by atoms with Crippen molar-refractivity contribution >= 4 is 57.6 Å². The number of anilines is 4. The maximum atomic E-state index is 13.1. The largest absolute Gasteiger partial charge is 0.494 e. The molecule has 2 aromatic carbocycles. The van der Waals surface area contributed by atoms with E-state index in [4.69, 9.17) is 16.3 Å². The highest BCUT2D eigenvalue weighted by atomic mass is 127. The quantitative estimate of drug-likeness (QED) is 0.304. The van der Waals surface area contributed by atoms with Gasteiger partial charge in [-0.1, -0.05) is 23.7 Å². The maximum Gasteiger partial charge on any atom is 0.229 e. The van der Waals surface area contributed by atoms with E-state index in [2.05, 4.69) is 57.5 Å². The lowest BCUT2D eigenvalue weighted by Crippen LogP contribution is -2.42. The zero-order valence-electron chi connectivity index (χ0n) is 17.5. The van der Waals surface area contributed by atoms with E-state index in [9.17, 15) is 4.39 Å². The van der Waals surface area contributed by atoms with Gasteiger partial charge in [0, 0.05) is 67.3 Å². The zero-order chi connectivity index (χ0) is 22.5. The van der Waals surface area contributed by atoms with Gasteiger partial charge in [-0.3, -0.25) is 0 Å². The monoisotopic (exact) mass is 568 g/mol. The van der Waals surface area contributed by atoms with E-state index in [-0.39, 0.29) is 5.82 Å². The minimum Gasteiger partial charge on any atom is -0.494 e. The molecule has 168 valence electrons. The van der Waals surface area contributed by atoms with Gasteiger partial charge in [-0.2, -0.15) is 4.98 Å². The van der Waals surface area contributed by atoms with Crippen LogP contribution < -0.4 is 20.3 Å². The molecule has 0 aliphatic carbocycles. The predicted octanol–water partition coefficient (Wildman–Crippen LogP) is 5.11. The van der Waals surface area contributed by atoms with Gasteiger partial charge in [0.15, 0.2) is 5.82 Å². The standard InChI is InChI=1S/C22H23ClFIN6O/c1-32-20-12-17(30-8-10-31(25)11-9-30)6-7-19(20)28-22-27-14-18(23)21(29-22)26-13-15-2-4-16(24)5-3-15/h2-7,12,14H,8-11,13H2,1H3,(H2,26,27,28,29). The fourth-order valence-corrected chi connectivity index (χ4v) is 3.97. The summed E-state index contributed by atoms with van der Waals surface area (Å²) in [4.78, 5) is 11.1. The molecule has 2 heterocycles. The third-order valence-corrected chi connectivity index (χ3v) is 6.38. The number of piperazine rings is 1. The molecule has 1 saturated heterocycles. The summed E-state index contributed by atoms with van der Waals surface area (Å²) in [5.41, 5.74) is 2.79. The number of nitrogens with zero attached hydrogens (tertiary/aromatic N) is 4. The summed E-state index contributed by atoms with van der Waals surface area (Å²) in [6.07, 6.45) is 1.54. The average Bonchev–Trinajstić information content (AvgIpc) is 2.81. The molecule has 1 aliphatic heterocycles. The molecule has 1 aromatic heterocycles. The second kappa shape index (κ2) is 10.5. The molecule has 0 spiro atoms. The molecule has 32 heavy (non-hydrogen) atoms. The molecule has 3 aromatic rings. The highest BCUT2D eigenvalue weighted by Gasteiger charge is 2.17. The van der Waals surface area contributed by atoms with Gasteiger partial charge in [-0.05, 0) is 29.8 Å². The molecular weight excluding hydrogens is 546 g/mol. The smallest absolute Gasteiger partial charge is 0.229 e. The number of aromatic nitrogens is 2. The molecule has 1 fully saturated rings. The first kappa shape index (κ1) is 22.8. The minimum atomic E-state index is -0.271. The molecular formula is C22H23ClFIN6O. The molecule has 2 N–H and O–H groups in total. The lowest BCUT2D eigenvalue weighted by molar-refractivity contribution is 0.416. The third kappa shape index (κ3) is 5.70. The summed E-state index contributed by atoms with van der Waals surface area (Å²) in [7, 11) is 1.64. The van der Waals surface area contributed by atoms with Crippen LogP contribution in [-0.4, -0.2) is 46.4 Å². The van der Waals surface area contributed by atoms with Crippen molar-refractivity contribution in [2.45, 2.75) is 6.54 Å². The van der Waals surface area contributed by atoms with E-state index < -0.39 is 0 Å². The van der Waals surface area contributed by atoms with Crippen molar-refractivity contribution in [3.63, 3.8) is 0 Å². The number of ether oxygens (including phenoxy) is 1.